The minimum Gasteiger partial charge on any atom is -0.507 e. The van der Waals surface area contributed by atoms with Gasteiger partial charge < -0.3 is 15.3 Å². The predicted octanol–water partition coefficient (Wildman–Crippen LogP) is 4.45. The van der Waals surface area contributed by atoms with Crippen molar-refractivity contribution in [1.82, 2.24) is 0 Å². The van der Waals surface area contributed by atoms with E-state index in [2.05, 4.69) is 6.08 Å². The summed E-state index contributed by atoms with van der Waals surface area (Å²) in [6.45, 7) is 11.4. The van der Waals surface area contributed by atoms with Gasteiger partial charge in [0.05, 0.1) is 5.60 Å². The number of aromatic hydroxyl groups is 2. The zero-order valence-electron chi connectivity index (χ0n) is 14.7. The fourth-order valence-corrected chi connectivity index (χ4v) is 2.68. The molecule has 3 N–H and O–H groups in total. The molecule has 1 aromatic rings. The van der Waals surface area contributed by atoms with Crippen molar-refractivity contribution in [2.24, 2.45) is 0 Å². The van der Waals surface area contributed by atoms with Crippen LogP contribution in [0.15, 0.2) is 11.6 Å². The molecule has 0 heterocycles. The minimum absolute atomic E-state index is 0.243. The maximum Gasteiger partial charge on any atom is 0.122 e. The van der Waals surface area contributed by atoms with Crippen LogP contribution in [0.4, 0.5) is 0 Å². The van der Waals surface area contributed by atoms with Crippen molar-refractivity contribution in [2.45, 2.75) is 72.8 Å². The number of phenols is 2. The lowest BCUT2D eigenvalue weighted by Gasteiger charge is -2.24. The van der Waals surface area contributed by atoms with Crippen LogP contribution in [0.25, 0.3) is 0 Å². The highest BCUT2D eigenvalue weighted by Crippen LogP contribution is 2.37. The molecule has 0 saturated heterocycles. The van der Waals surface area contributed by atoms with Gasteiger partial charge in [-0.05, 0) is 83.9 Å². The second-order valence-electron chi connectivity index (χ2n) is 6.87. The lowest BCUT2D eigenvalue weighted by atomic mass is 9.88. The summed E-state index contributed by atoms with van der Waals surface area (Å²) in [7, 11) is 0. The van der Waals surface area contributed by atoms with E-state index < -0.39 is 5.60 Å². The number of allylic oxidation sites excluding steroid dienone is 2. The van der Waals surface area contributed by atoms with Crippen LogP contribution in [0.1, 0.15) is 62.3 Å². The van der Waals surface area contributed by atoms with Gasteiger partial charge in [0.25, 0.3) is 0 Å². The van der Waals surface area contributed by atoms with E-state index in [-0.39, 0.29) is 11.5 Å². The van der Waals surface area contributed by atoms with Gasteiger partial charge in [-0.3, -0.25) is 0 Å². The van der Waals surface area contributed by atoms with Crippen molar-refractivity contribution in [3.8, 4) is 11.5 Å². The van der Waals surface area contributed by atoms with Crippen LogP contribution < -0.4 is 0 Å². The van der Waals surface area contributed by atoms with Crippen molar-refractivity contribution in [2.75, 3.05) is 0 Å². The first-order chi connectivity index (χ1) is 10.1. The number of hydrogen-bond donors (Lipinski definition) is 3. The third-order valence-electron chi connectivity index (χ3n) is 4.52. The Balaban J connectivity index is 2.86. The standard InChI is InChI=1S/C19H30O3/c1-12(2)8-7-10-19(6,22)11-9-16-15(5)17(20)13(3)14(4)18(16)21/h8,20-22H,7,9-11H2,1-6H3. The van der Waals surface area contributed by atoms with Crippen LogP contribution in [0.3, 0.4) is 0 Å². The summed E-state index contributed by atoms with van der Waals surface area (Å²) in [6, 6.07) is 0. The normalized spacial score (nSPS) is 13.8. The summed E-state index contributed by atoms with van der Waals surface area (Å²) in [6.07, 6.45) is 4.76. The number of phenolic OH excluding ortho intramolecular Hbond substituents is 2. The van der Waals surface area contributed by atoms with Gasteiger partial charge in [-0.25, -0.2) is 0 Å². The molecule has 3 heteroatoms. The lowest BCUT2D eigenvalue weighted by molar-refractivity contribution is 0.0431. The Labute approximate surface area is 134 Å². The lowest BCUT2D eigenvalue weighted by Crippen LogP contribution is -2.24. The molecule has 124 valence electrons. The molecule has 22 heavy (non-hydrogen) atoms. The topological polar surface area (TPSA) is 60.7 Å². The summed E-state index contributed by atoms with van der Waals surface area (Å²) in [5.74, 6) is 0.488. The molecule has 0 spiro atoms. The summed E-state index contributed by atoms with van der Waals surface area (Å²) < 4.78 is 0. The second-order valence-corrected chi connectivity index (χ2v) is 6.87. The molecule has 0 aliphatic heterocycles. The molecule has 0 radical (unpaired) electrons. The molecule has 0 aliphatic rings. The highest BCUT2D eigenvalue weighted by molar-refractivity contribution is 5.56. The maximum atomic E-state index is 10.5. The molecule has 1 aromatic carbocycles. The molecule has 0 amide bonds. The first-order valence-electron chi connectivity index (χ1n) is 7.93. The molecule has 3 nitrogen and oxygen atoms in total. The van der Waals surface area contributed by atoms with Gasteiger partial charge in [-0.2, -0.15) is 0 Å². The summed E-state index contributed by atoms with van der Waals surface area (Å²) in [5.41, 5.74) is 3.35. The van der Waals surface area contributed by atoms with E-state index >= 15 is 0 Å². The molecule has 1 atom stereocenters. The largest absolute Gasteiger partial charge is 0.507 e. The highest BCUT2D eigenvalue weighted by atomic mass is 16.3. The van der Waals surface area contributed by atoms with Gasteiger partial charge in [0, 0.05) is 5.56 Å². The minimum atomic E-state index is -0.779. The van der Waals surface area contributed by atoms with E-state index in [1.165, 1.54) is 5.57 Å². The first kappa shape index (κ1) is 18.6. The number of benzene rings is 1. The van der Waals surface area contributed by atoms with Crippen LogP contribution in [0.5, 0.6) is 11.5 Å². The summed E-state index contributed by atoms with van der Waals surface area (Å²) in [4.78, 5) is 0. The zero-order valence-corrected chi connectivity index (χ0v) is 14.7. The van der Waals surface area contributed by atoms with Crippen molar-refractivity contribution >= 4 is 0 Å². The SMILES string of the molecule is CC(C)=CCCC(C)(O)CCc1c(C)c(O)c(C)c(C)c1O. The molecule has 0 bridgehead atoms. The Bertz CT molecular complexity index is 536. The number of hydrogen-bond acceptors (Lipinski definition) is 3. The average Bonchev–Trinajstić information content (AvgIpc) is 2.42. The molecular formula is C19H30O3. The van der Waals surface area contributed by atoms with Crippen LogP contribution in [0.2, 0.25) is 0 Å². The van der Waals surface area contributed by atoms with Crippen molar-refractivity contribution < 1.29 is 15.3 Å². The Morgan fingerprint density at radius 3 is 2.05 bits per heavy atom. The van der Waals surface area contributed by atoms with Crippen molar-refractivity contribution in [3.05, 3.63) is 33.9 Å². The summed E-state index contributed by atoms with van der Waals surface area (Å²) >= 11 is 0. The molecule has 0 aliphatic carbocycles. The molecular weight excluding hydrogens is 276 g/mol. The van der Waals surface area contributed by atoms with Crippen LogP contribution in [0, 0.1) is 20.8 Å². The Kier molecular flexibility index (Phi) is 6.07. The van der Waals surface area contributed by atoms with E-state index in [0.29, 0.717) is 36.0 Å². The van der Waals surface area contributed by atoms with Gasteiger partial charge >= 0.3 is 0 Å². The van der Waals surface area contributed by atoms with Crippen LogP contribution in [-0.4, -0.2) is 20.9 Å². The summed E-state index contributed by atoms with van der Waals surface area (Å²) in [5, 5.41) is 31.0. The van der Waals surface area contributed by atoms with Gasteiger partial charge in [0.2, 0.25) is 0 Å². The van der Waals surface area contributed by atoms with Crippen LogP contribution in [-0.2, 0) is 6.42 Å². The maximum absolute atomic E-state index is 10.5. The highest BCUT2D eigenvalue weighted by Gasteiger charge is 2.22. The third-order valence-corrected chi connectivity index (χ3v) is 4.52. The molecule has 0 aromatic heterocycles. The van der Waals surface area contributed by atoms with Gasteiger partial charge in [0.15, 0.2) is 0 Å². The smallest absolute Gasteiger partial charge is 0.122 e. The fraction of sp³-hybridized carbons (Fsp3) is 0.579. The molecule has 1 unspecified atom stereocenters. The van der Waals surface area contributed by atoms with E-state index in [1.54, 1.807) is 13.8 Å². The number of aliphatic hydroxyl groups is 1. The van der Waals surface area contributed by atoms with Gasteiger partial charge in [-0.1, -0.05) is 11.6 Å². The zero-order chi connectivity index (χ0) is 17.1. The molecule has 0 saturated carbocycles. The Hall–Kier alpha value is -1.48. The van der Waals surface area contributed by atoms with Crippen LogP contribution >= 0.6 is 0 Å². The Morgan fingerprint density at radius 1 is 0.955 bits per heavy atom. The van der Waals surface area contributed by atoms with E-state index in [9.17, 15) is 15.3 Å². The van der Waals surface area contributed by atoms with Gasteiger partial charge in [-0.15, -0.1) is 0 Å². The second kappa shape index (κ2) is 7.19. The van der Waals surface area contributed by atoms with E-state index in [1.807, 2.05) is 27.7 Å². The molecule has 0 fully saturated rings. The number of rotatable bonds is 6. The Morgan fingerprint density at radius 2 is 1.50 bits per heavy atom. The quantitative estimate of drug-likeness (QED) is 0.537. The predicted molar refractivity (Wildman–Crippen MR) is 91.6 cm³/mol. The van der Waals surface area contributed by atoms with E-state index in [0.717, 1.165) is 12.0 Å². The van der Waals surface area contributed by atoms with Crippen molar-refractivity contribution in [1.29, 1.82) is 0 Å². The first-order valence-corrected chi connectivity index (χ1v) is 7.93. The van der Waals surface area contributed by atoms with Crippen molar-refractivity contribution in [3.63, 3.8) is 0 Å². The molecule has 1 rings (SSSR count). The van der Waals surface area contributed by atoms with E-state index in [4.69, 9.17) is 0 Å². The average molecular weight is 306 g/mol. The third kappa shape index (κ3) is 4.51. The monoisotopic (exact) mass is 306 g/mol. The fourth-order valence-electron chi connectivity index (χ4n) is 2.68. The van der Waals surface area contributed by atoms with Gasteiger partial charge in [0.1, 0.15) is 11.5 Å².